The number of rotatable bonds is 7. The molecule has 0 radical (unpaired) electrons. The van der Waals surface area contributed by atoms with Crippen LogP contribution >= 0.6 is 0 Å². The van der Waals surface area contributed by atoms with E-state index < -0.39 is 23.7 Å². The summed E-state index contributed by atoms with van der Waals surface area (Å²) in [5.41, 5.74) is 1.04. The first-order valence-corrected chi connectivity index (χ1v) is 10.3. The van der Waals surface area contributed by atoms with Crippen molar-refractivity contribution >= 4 is 17.5 Å². The Bertz CT molecular complexity index is 980. The summed E-state index contributed by atoms with van der Waals surface area (Å²) >= 11 is 0. The molecule has 0 saturated carbocycles. The summed E-state index contributed by atoms with van der Waals surface area (Å²) in [5, 5.41) is 0. The number of nitrogens with zero attached hydrogens (tertiary/aromatic N) is 1. The molecule has 0 aliphatic carbocycles. The van der Waals surface area contributed by atoms with Gasteiger partial charge in [0.2, 0.25) is 5.78 Å². The normalized spacial score (nSPS) is 23.3. The van der Waals surface area contributed by atoms with Crippen LogP contribution in [0.1, 0.15) is 34.8 Å². The first-order chi connectivity index (χ1) is 15.0. The van der Waals surface area contributed by atoms with Gasteiger partial charge in [0.05, 0.1) is 26.4 Å². The molecule has 3 atom stereocenters. The summed E-state index contributed by atoms with van der Waals surface area (Å²) in [5.74, 6) is -1.65. The molecule has 31 heavy (non-hydrogen) atoms. The number of hydrogen-bond donors (Lipinski definition) is 0. The predicted molar refractivity (Wildman–Crippen MR) is 112 cm³/mol. The molecule has 2 aliphatic heterocycles. The number of carbonyl (C=O) groups is 3. The monoisotopic (exact) mass is 423 g/mol. The SMILES string of the molecule is COc1ccc(C(=O)C2C(=O)C(=O)N(CC3CCCO3)C2c2cccc(OC)c2)cc1. The van der Waals surface area contributed by atoms with Gasteiger partial charge in [-0.1, -0.05) is 12.1 Å². The van der Waals surface area contributed by atoms with Crippen LogP contribution in [0.3, 0.4) is 0 Å². The Labute approximate surface area is 180 Å². The standard InChI is InChI=1S/C24H25NO6/c1-29-17-10-8-15(9-11-17)22(26)20-21(16-5-3-6-18(13-16)30-2)25(24(28)23(20)27)14-19-7-4-12-31-19/h3,5-6,8-11,13,19-21H,4,7,12,14H2,1-2H3. The van der Waals surface area contributed by atoms with Crippen molar-refractivity contribution < 1.29 is 28.6 Å². The average Bonchev–Trinajstić information content (AvgIpc) is 3.41. The lowest BCUT2D eigenvalue weighted by molar-refractivity contribution is -0.141. The first kappa shape index (κ1) is 21.1. The van der Waals surface area contributed by atoms with Gasteiger partial charge >= 0.3 is 0 Å². The molecule has 2 saturated heterocycles. The molecule has 7 heteroatoms. The van der Waals surface area contributed by atoms with E-state index in [1.165, 1.54) is 12.0 Å². The third kappa shape index (κ3) is 4.05. The average molecular weight is 423 g/mol. The Morgan fingerprint density at radius 3 is 2.45 bits per heavy atom. The zero-order chi connectivity index (χ0) is 22.0. The molecule has 1 amide bonds. The van der Waals surface area contributed by atoms with Crippen LogP contribution in [-0.2, 0) is 14.3 Å². The summed E-state index contributed by atoms with van der Waals surface area (Å²) in [6.07, 6.45) is 1.60. The minimum Gasteiger partial charge on any atom is -0.497 e. The zero-order valence-electron chi connectivity index (χ0n) is 17.6. The van der Waals surface area contributed by atoms with Gasteiger partial charge in [-0.15, -0.1) is 0 Å². The van der Waals surface area contributed by atoms with Crippen molar-refractivity contribution in [1.82, 2.24) is 4.90 Å². The Kier molecular flexibility index (Phi) is 6.04. The van der Waals surface area contributed by atoms with Crippen molar-refractivity contribution in [3.8, 4) is 11.5 Å². The highest BCUT2D eigenvalue weighted by atomic mass is 16.5. The molecule has 2 fully saturated rings. The van der Waals surface area contributed by atoms with E-state index in [2.05, 4.69) is 0 Å². The van der Waals surface area contributed by atoms with Crippen LogP contribution in [0.15, 0.2) is 48.5 Å². The van der Waals surface area contributed by atoms with Crippen LogP contribution in [0.5, 0.6) is 11.5 Å². The van der Waals surface area contributed by atoms with Gasteiger partial charge in [0.15, 0.2) is 5.78 Å². The summed E-state index contributed by atoms with van der Waals surface area (Å²) in [6.45, 7) is 0.914. The smallest absolute Gasteiger partial charge is 0.291 e. The zero-order valence-corrected chi connectivity index (χ0v) is 17.6. The van der Waals surface area contributed by atoms with Gasteiger partial charge in [-0.05, 0) is 54.8 Å². The maximum atomic E-state index is 13.4. The van der Waals surface area contributed by atoms with Crippen LogP contribution in [-0.4, -0.2) is 55.8 Å². The molecule has 162 valence electrons. The maximum absolute atomic E-state index is 13.4. The molecule has 0 bridgehead atoms. The topological polar surface area (TPSA) is 82.1 Å². The fourth-order valence-corrected chi connectivity index (χ4v) is 4.32. The van der Waals surface area contributed by atoms with Gasteiger partial charge in [0, 0.05) is 18.7 Å². The minimum absolute atomic E-state index is 0.139. The third-order valence-electron chi connectivity index (χ3n) is 5.92. The lowest BCUT2D eigenvalue weighted by Gasteiger charge is -2.29. The largest absolute Gasteiger partial charge is 0.497 e. The van der Waals surface area contributed by atoms with Gasteiger partial charge in [-0.2, -0.15) is 0 Å². The lowest BCUT2D eigenvalue weighted by atomic mass is 9.86. The second-order valence-corrected chi connectivity index (χ2v) is 7.75. The molecule has 3 unspecified atom stereocenters. The van der Waals surface area contributed by atoms with E-state index in [9.17, 15) is 14.4 Å². The van der Waals surface area contributed by atoms with Crippen LogP contribution in [0.4, 0.5) is 0 Å². The quantitative estimate of drug-likeness (QED) is 0.387. The van der Waals surface area contributed by atoms with Crippen LogP contribution < -0.4 is 9.47 Å². The molecule has 0 aromatic heterocycles. The summed E-state index contributed by atoms with van der Waals surface area (Å²) in [4.78, 5) is 41.0. The number of carbonyl (C=O) groups excluding carboxylic acids is 3. The van der Waals surface area contributed by atoms with Crippen LogP contribution in [0, 0.1) is 5.92 Å². The lowest BCUT2D eigenvalue weighted by Crippen LogP contribution is -2.37. The fourth-order valence-electron chi connectivity index (χ4n) is 4.32. The number of ether oxygens (including phenoxy) is 3. The number of amides is 1. The highest BCUT2D eigenvalue weighted by Crippen LogP contribution is 2.40. The van der Waals surface area contributed by atoms with Crippen molar-refractivity contribution in [3.05, 3.63) is 59.7 Å². The van der Waals surface area contributed by atoms with Crippen molar-refractivity contribution in [2.75, 3.05) is 27.4 Å². The second-order valence-electron chi connectivity index (χ2n) is 7.75. The molecule has 2 aliphatic rings. The van der Waals surface area contributed by atoms with E-state index in [0.717, 1.165) is 12.8 Å². The molecular weight excluding hydrogens is 398 g/mol. The van der Waals surface area contributed by atoms with E-state index in [4.69, 9.17) is 14.2 Å². The molecule has 2 aromatic rings. The minimum atomic E-state index is -1.13. The molecule has 0 N–H and O–H groups in total. The molecular formula is C24H25NO6. The van der Waals surface area contributed by atoms with Crippen molar-refractivity contribution in [3.63, 3.8) is 0 Å². The number of hydrogen-bond acceptors (Lipinski definition) is 6. The molecule has 2 aromatic carbocycles. The molecule has 0 spiro atoms. The Hall–Kier alpha value is -3.19. The summed E-state index contributed by atoms with van der Waals surface area (Å²) in [7, 11) is 3.09. The number of benzene rings is 2. The van der Waals surface area contributed by atoms with Gasteiger partial charge < -0.3 is 19.1 Å². The van der Waals surface area contributed by atoms with E-state index in [1.807, 2.05) is 6.07 Å². The van der Waals surface area contributed by atoms with E-state index in [-0.39, 0.29) is 18.4 Å². The number of methoxy groups -OCH3 is 2. The van der Waals surface area contributed by atoms with Crippen molar-refractivity contribution in [2.45, 2.75) is 25.0 Å². The Morgan fingerprint density at radius 2 is 1.81 bits per heavy atom. The second kappa shape index (κ2) is 8.89. The van der Waals surface area contributed by atoms with Crippen LogP contribution in [0.25, 0.3) is 0 Å². The summed E-state index contributed by atoms with van der Waals surface area (Å²) in [6, 6.07) is 13.0. The fraction of sp³-hybridized carbons (Fsp3) is 0.375. The number of likely N-dealkylation sites (tertiary alicyclic amines) is 1. The third-order valence-corrected chi connectivity index (χ3v) is 5.92. The van der Waals surface area contributed by atoms with Crippen molar-refractivity contribution in [2.24, 2.45) is 5.92 Å². The van der Waals surface area contributed by atoms with Gasteiger partial charge in [-0.25, -0.2) is 0 Å². The molecule has 2 heterocycles. The molecule has 4 rings (SSSR count). The van der Waals surface area contributed by atoms with E-state index in [0.29, 0.717) is 29.2 Å². The molecule has 7 nitrogen and oxygen atoms in total. The van der Waals surface area contributed by atoms with Gasteiger partial charge in [0.25, 0.3) is 5.91 Å². The Balaban J connectivity index is 1.73. The van der Waals surface area contributed by atoms with Gasteiger partial charge in [0.1, 0.15) is 17.4 Å². The Morgan fingerprint density at radius 1 is 1.06 bits per heavy atom. The van der Waals surface area contributed by atoms with Gasteiger partial charge in [-0.3, -0.25) is 14.4 Å². The van der Waals surface area contributed by atoms with E-state index >= 15 is 0 Å². The number of ketones is 2. The first-order valence-electron chi connectivity index (χ1n) is 10.3. The predicted octanol–water partition coefficient (Wildman–Crippen LogP) is 2.83. The van der Waals surface area contributed by atoms with Crippen LogP contribution in [0.2, 0.25) is 0 Å². The van der Waals surface area contributed by atoms with E-state index in [1.54, 1.807) is 49.6 Å². The summed E-state index contributed by atoms with van der Waals surface area (Å²) < 4.78 is 16.2. The van der Waals surface area contributed by atoms with Crippen molar-refractivity contribution in [1.29, 1.82) is 0 Å². The maximum Gasteiger partial charge on any atom is 0.291 e. The highest BCUT2D eigenvalue weighted by molar-refractivity contribution is 6.44. The number of Topliss-reactive ketones (excluding diaryl/α,β-unsaturated/α-hetero) is 2. The highest BCUT2D eigenvalue weighted by Gasteiger charge is 2.52.